The Labute approximate surface area is 120 Å². The maximum Gasteiger partial charge on any atom is 0.433 e. The molecule has 0 aliphatic rings. The topological polar surface area (TPSA) is 56.3 Å². The molecule has 1 atom stereocenters. The van der Waals surface area contributed by atoms with Gasteiger partial charge in [0.2, 0.25) is 0 Å². The van der Waals surface area contributed by atoms with Crippen molar-refractivity contribution in [1.29, 1.82) is 0 Å². The fraction of sp³-hybridized carbons (Fsp3) is 0.0769. The average Bonchev–Trinajstić information content (AvgIpc) is 3.05. The Bertz CT molecular complexity index is 749. The summed E-state index contributed by atoms with van der Waals surface area (Å²) in [5.41, 5.74) is 1.06. The minimum absolute atomic E-state index is 0.183. The molecule has 0 saturated carbocycles. The lowest BCUT2D eigenvalue weighted by Crippen LogP contribution is -1.89. The lowest BCUT2D eigenvalue weighted by molar-refractivity contribution is -0.402. The van der Waals surface area contributed by atoms with E-state index in [0.717, 1.165) is 10.9 Å². The third kappa shape index (κ3) is 2.17. The summed E-state index contributed by atoms with van der Waals surface area (Å²) in [5, 5.41) is 13.8. The Kier molecular flexibility index (Phi) is 3.12. The van der Waals surface area contributed by atoms with Gasteiger partial charge in [0.25, 0.3) is 0 Å². The molecule has 2 aromatic heterocycles. The number of nitro groups is 1. The van der Waals surface area contributed by atoms with Gasteiger partial charge in [-0.3, -0.25) is 10.1 Å². The summed E-state index contributed by atoms with van der Waals surface area (Å²) in [6.45, 7) is 0. The van der Waals surface area contributed by atoms with Gasteiger partial charge >= 0.3 is 5.88 Å². The number of halogens is 1. The van der Waals surface area contributed by atoms with Crippen LogP contribution in [-0.2, 0) is 0 Å². The van der Waals surface area contributed by atoms with E-state index in [2.05, 4.69) is 15.9 Å². The van der Waals surface area contributed by atoms with Gasteiger partial charge in [0.1, 0.15) is 10.7 Å². The SMILES string of the molecule is O=[N+]([O-])c1ccc(C(Br)c2csc3ccccc23)o1. The molecule has 0 N–H and O–H groups in total. The number of hydrogen-bond donors (Lipinski definition) is 0. The summed E-state index contributed by atoms with van der Waals surface area (Å²) in [6.07, 6.45) is 0. The molecule has 0 saturated heterocycles. The predicted molar refractivity (Wildman–Crippen MR) is 78.0 cm³/mol. The van der Waals surface area contributed by atoms with Crippen LogP contribution in [0.4, 0.5) is 5.88 Å². The summed E-state index contributed by atoms with van der Waals surface area (Å²) in [7, 11) is 0. The van der Waals surface area contributed by atoms with Crippen molar-refractivity contribution < 1.29 is 9.34 Å². The molecular weight excluding hydrogens is 330 g/mol. The molecule has 4 nitrogen and oxygen atoms in total. The van der Waals surface area contributed by atoms with Crippen LogP contribution in [0.25, 0.3) is 10.1 Å². The number of rotatable bonds is 3. The van der Waals surface area contributed by atoms with Crippen molar-refractivity contribution in [3.8, 4) is 0 Å². The van der Waals surface area contributed by atoms with Gasteiger partial charge in [0.15, 0.2) is 0 Å². The molecule has 96 valence electrons. The van der Waals surface area contributed by atoms with Gasteiger partial charge in [-0.15, -0.1) is 11.3 Å². The molecule has 3 aromatic rings. The number of thiophene rings is 1. The highest BCUT2D eigenvalue weighted by atomic mass is 79.9. The number of fused-ring (bicyclic) bond motifs is 1. The van der Waals surface area contributed by atoms with Gasteiger partial charge in [-0.2, -0.15) is 0 Å². The second-order valence-electron chi connectivity index (χ2n) is 3.98. The molecule has 0 spiro atoms. The first-order chi connectivity index (χ1) is 9.16. The molecule has 0 radical (unpaired) electrons. The van der Waals surface area contributed by atoms with Gasteiger partial charge < -0.3 is 4.42 Å². The molecule has 0 amide bonds. The fourth-order valence-electron chi connectivity index (χ4n) is 1.92. The predicted octanol–water partition coefficient (Wildman–Crippen LogP) is 4.89. The Morgan fingerprint density at radius 3 is 2.79 bits per heavy atom. The monoisotopic (exact) mass is 337 g/mol. The van der Waals surface area contributed by atoms with E-state index in [1.165, 1.54) is 10.8 Å². The van der Waals surface area contributed by atoms with Crippen molar-refractivity contribution in [1.82, 2.24) is 0 Å². The van der Waals surface area contributed by atoms with Gasteiger partial charge in [0.05, 0.1) is 10.9 Å². The lowest BCUT2D eigenvalue weighted by atomic mass is 10.1. The summed E-state index contributed by atoms with van der Waals surface area (Å²) < 4.78 is 6.42. The molecule has 3 rings (SSSR count). The standard InChI is InChI=1S/C13H8BrNO3S/c14-13(10-5-6-12(18-10)15(16)17)9-7-19-11-4-2-1-3-8(9)11/h1-7,13H. The number of alkyl halides is 1. The lowest BCUT2D eigenvalue weighted by Gasteiger charge is -2.04. The highest BCUT2D eigenvalue weighted by Crippen LogP contribution is 2.39. The van der Waals surface area contributed by atoms with Crippen LogP contribution in [0.1, 0.15) is 16.2 Å². The molecule has 6 heteroatoms. The third-order valence-electron chi connectivity index (χ3n) is 2.83. The largest absolute Gasteiger partial charge is 0.433 e. The van der Waals surface area contributed by atoms with E-state index in [1.54, 1.807) is 17.4 Å². The van der Waals surface area contributed by atoms with E-state index < -0.39 is 4.92 Å². The van der Waals surface area contributed by atoms with E-state index in [9.17, 15) is 10.1 Å². The van der Waals surface area contributed by atoms with Gasteiger partial charge in [0, 0.05) is 4.70 Å². The smallest absolute Gasteiger partial charge is 0.404 e. The molecule has 0 fully saturated rings. The third-order valence-corrected chi connectivity index (χ3v) is 4.75. The molecular formula is C13H8BrNO3S. The Morgan fingerprint density at radius 1 is 1.26 bits per heavy atom. The fourth-order valence-corrected chi connectivity index (χ4v) is 3.71. The molecule has 0 aliphatic carbocycles. The minimum Gasteiger partial charge on any atom is -0.404 e. The van der Waals surface area contributed by atoms with E-state index in [4.69, 9.17) is 4.42 Å². The van der Waals surface area contributed by atoms with Crippen molar-refractivity contribution >= 4 is 43.2 Å². The Balaban J connectivity index is 2.03. The van der Waals surface area contributed by atoms with Crippen LogP contribution in [-0.4, -0.2) is 4.92 Å². The van der Waals surface area contributed by atoms with Crippen LogP contribution in [0.2, 0.25) is 0 Å². The van der Waals surface area contributed by atoms with Gasteiger partial charge in [-0.05, 0) is 28.5 Å². The molecule has 1 unspecified atom stereocenters. The summed E-state index contributed by atoms with van der Waals surface area (Å²) in [4.78, 5) is 9.92. The van der Waals surface area contributed by atoms with Crippen LogP contribution in [0.3, 0.4) is 0 Å². The van der Waals surface area contributed by atoms with Crippen LogP contribution < -0.4 is 0 Å². The molecule has 1 aromatic carbocycles. The van der Waals surface area contributed by atoms with Crippen molar-refractivity contribution in [2.24, 2.45) is 0 Å². The van der Waals surface area contributed by atoms with Crippen molar-refractivity contribution in [2.75, 3.05) is 0 Å². The highest BCUT2D eigenvalue weighted by molar-refractivity contribution is 9.09. The first kappa shape index (κ1) is 12.4. The summed E-state index contributed by atoms with van der Waals surface area (Å²) >= 11 is 5.19. The first-order valence-electron chi connectivity index (χ1n) is 5.51. The van der Waals surface area contributed by atoms with Crippen LogP contribution in [0.15, 0.2) is 46.2 Å². The van der Waals surface area contributed by atoms with Crippen molar-refractivity contribution in [3.05, 3.63) is 63.2 Å². The second kappa shape index (κ2) is 4.79. The number of hydrogen-bond acceptors (Lipinski definition) is 4. The van der Waals surface area contributed by atoms with Crippen molar-refractivity contribution in [2.45, 2.75) is 4.83 Å². The van der Waals surface area contributed by atoms with Crippen LogP contribution >= 0.6 is 27.3 Å². The average molecular weight is 338 g/mol. The highest BCUT2D eigenvalue weighted by Gasteiger charge is 2.21. The zero-order chi connectivity index (χ0) is 13.4. The van der Waals surface area contributed by atoms with E-state index in [1.807, 2.05) is 29.6 Å². The van der Waals surface area contributed by atoms with E-state index in [-0.39, 0.29) is 10.7 Å². The quantitative estimate of drug-likeness (QED) is 0.388. The maximum atomic E-state index is 10.6. The van der Waals surface area contributed by atoms with Crippen LogP contribution in [0, 0.1) is 10.1 Å². The number of furan rings is 1. The van der Waals surface area contributed by atoms with E-state index in [0.29, 0.717) is 5.76 Å². The van der Waals surface area contributed by atoms with Gasteiger partial charge in [-0.25, -0.2) is 0 Å². The van der Waals surface area contributed by atoms with E-state index >= 15 is 0 Å². The van der Waals surface area contributed by atoms with Crippen LogP contribution in [0.5, 0.6) is 0 Å². The molecule has 2 heterocycles. The Morgan fingerprint density at radius 2 is 2.05 bits per heavy atom. The zero-order valence-electron chi connectivity index (χ0n) is 9.58. The minimum atomic E-state index is -0.533. The molecule has 0 bridgehead atoms. The first-order valence-corrected chi connectivity index (χ1v) is 7.30. The van der Waals surface area contributed by atoms with Gasteiger partial charge in [-0.1, -0.05) is 34.1 Å². The zero-order valence-corrected chi connectivity index (χ0v) is 12.0. The summed E-state index contributed by atoms with van der Waals surface area (Å²) in [6, 6.07) is 11.1. The molecule has 19 heavy (non-hydrogen) atoms. The molecule has 0 aliphatic heterocycles. The Hall–Kier alpha value is -1.66. The normalized spacial score (nSPS) is 12.7. The van der Waals surface area contributed by atoms with Crippen molar-refractivity contribution in [3.63, 3.8) is 0 Å². The maximum absolute atomic E-state index is 10.6. The number of benzene rings is 1. The summed E-state index contributed by atoms with van der Waals surface area (Å²) in [5.74, 6) is 0.300. The second-order valence-corrected chi connectivity index (χ2v) is 5.81. The number of nitrogens with zero attached hydrogens (tertiary/aromatic N) is 1.